The number of nitrogens with zero attached hydrogens (tertiary/aromatic N) is 1. The first kappa shape index (κ1) is 23.3. The molecule has 0 atom stereocenters. The van der Waals surface area contributed by atoms with Crippen molar-refractivity contribution in [3.05, 3.63) is 127 Å². The van der Waals surface area contributed by atoms with Gasteiger partial charge in [-0.25, -0.2) is 0 Å². The molecule has 0 amide bonds. The minimum atomic E-state index is -1.52. The van der Waals surface area contributed by atoms with Crippen LogP contribution in [-0.4, -0.2) is 21.7 Å². The molecule has 0 aliphatic carbocycles. The van der Waals surface area contributed by atoms with Crippen LogP contribution in [-0.2, 0) is 5.41 Å². The molecule has 0 spiro atoms. The van der Waals surface area contributed by atoms with Crippen molar-refractivity contribution >= 4 is 40.0 Å². The second-order valence-electron chi connectivity index (χ2n) is 10.2. The maximum atomic E-state index is 9.94. The smallest absolute Gasteiger partial charge is 0.423 e. The quantitative estimate of drug-likeness (QED) is 0.222. The SMILES string of the molecule is C=C/C=C(\C=C)c1cc2c3c(c1)c1cc(-c4ccccc4)ccc1n3-c1ccc(B(O)O)cc1C2(C)C. The molecule has 0 unspecified atom stereocenters. The van der Waals surface area contributed by atoms with Crippen LogP contribution in [0.5, 0.6) is 0 Å². The molecule has 1 aliphatic rings. The molecule has 4 heteroatoms. The van der Waals surface area contributed by atoms with Gasteiger partial charge in [-0.05, 0) is 69.2 Å². The molecule has 0 fully saturated rings. The highest BCUT2D eigenvalue weighted by Crippen LogP contribution is 2.48. The largest absolute Gasteiger partial charge is 0.488 e. The van der Waals surface area contributed by atoms with E-state index in [4.69, 9.17) is 0 Å². The molecule has 37 heavy (non-hydrogen) atoms. The lowest BCUT2D eigenvalue weighted by molar-refractivity contribution is 0.425. The molecule has 2 heterocycles. The van der Waals surface area contributed by atoms with E-state index in [0.717, 1.165) is 27.9 Å². The Morgan fingerprint density at radius 2 is 1.62 bits per heavy atom. The van der Waals surface area contributed by atoms with Crippen molar-refractivity contribution in [2.45, 2.75) is 19.3 Å². The summed E-state index contributed by atoms with van der Waals surface area (Å²) in [4.78, 5) is 0. The fraction of sp³-hybridized carbons (Fsp3) is 0.0909. The molecule has 0 bridgehead atoms. The Labute approximate surface area is 217 Å². The van der Waals surface area contributed by atoms with Crippen molar-refractivity contribution in [2.24, 2.45) is 0 Å². The summed E-state index contributed by atoms with van der Waals surface area (Å²) in [6.07, 6.45) is 5.65. The van der Waals surface area contributed by atoms with Gasteiger partial charge in [0, 0.05) is 16.2 Å². The van der Waals surface area contributed by atoms with Crippen molar-refractivity contribution in [1.29, 1.82) is 0 Å². The average molecular weight is 481 g/mol. The Morgan fingerprint density at radius 3 is 2.32 bits per heavy atom. The molecule has 6 rings (SSSR count). The van der Waals surface area contributed by atoms with Gasteiger partial charge in [0.25, 0.3) is 0 Å². The number of fused-ring (bicyclic) bond motifs is 5. The number of aromatic nitrogens is 1. The predicted octanol–water partition coefficient (Wildman–Crippen LogP) is 6.53. The van der Waals surface area contributed by atoms with Gasteiger partial charge in [0.05, 0.1) is 16.7 Å². The first-order chi connectivity index (χ1) is 17.8. The Hall–Kier alpha value is -4.12. The molecular formula is C33H28BNO2. The van der Waals surface area contributed by atoms with Crippen molar-refractivity contribution in [2.75, 3.05) is 0 Å². The zero-order chi connectivity index (χ0) is 25.9. The van der Waals surface area contributed by atoms with Gasteiger partial charge in [-0.1, -0.05) is 93.8 Å². The number of hydrogen-bond donors (Lipinski definition) is 2. The van der Waals surface area contributed by atoms with Gasteiger partial charge in [-0.3, -0.25) is 0 Å². The third kappa shape index (κ3) is 3.45. The summed E-state index contributed by atoms with van der Waals surface area (Å²) >= 11 is 0. The van der Waals surface area contributed by atoms with Gasteiger partial charge < -0.3 is 14.6 Å². The summed E-state index contributed by atoms with van der Waals surface area (Å²) in [7, 11) is -1.52. The molecule has 1 aromatic heterocycles. The Balaban J connectivity index is 1.78. The first-order valence-corrected chi connectivity index (χ1v) is 12.5. The van der Waals surface area contributed by atoms with Crippen LogP contribution in [0.15, 0.2) is 110 Å². The number of hydrogen-bond acceptors (Lipinski definition) is 2. The van der Waals surface area contributed by atoms with E-state index in [9.17, 15) is 10.0 Å². The van der Waals surface area contributed by atoms with Gasteiger partial charge in [0.2, 0.25) is 0 Å². The number of allylic oxidation sites excluding steroid dienone is 4. The zero-order valence-electron chi connectivity index (χ0n) is 21.1. The summed E-state index contributed by atoms with van der Waals surface area (Å²) < 4.78 is 2.33. The van der Waals surface area contributed by atoms with Crippen molar-refractivity contribution < 1.29 is 10.0 Å². The lowest BCUT2D eigenvalue weighted by Crippen LogP contribution is -2.34. The van der Waals surface area contributed by atoms with E-state index in [1.165, 1.54) is 33.0 Å². The molecule has 2 N–H and O–H groups in total. The average Bonchev–Trinajstić information content (AvgIpc) is 3.24. The van der Waals surface area contributed by atoms with Crippen LogP contribution in [0.2, 0.25) is 0 Å². The van der Waals surface area contributed by atoms with Crippen molar-refractivity contribution in [3.8, 4) is 16.8 Å². The van der Waals surface area contributed by atoms with E-state index in [1.807, 2.05) is 30.4 Å². The van der Waals surface area contributed by atoms with E-state index in [-0.39, 0.29) is 5.41 Å². The molecular weight excluding hydrogens is 453 g/mol. The fourth-order valence-corrected chi connectivity index (χ4v) is 5.82. The lowest BCUT2D eigenvalue weighted by atomic mass is 9.70. The minimum Gasteiger partial charge on any atom is -0.423 e. The summed E-state index contributed by atoms with van der Waals surface area (Å²) in [6, 6.07) is 27.4. The Bertz CT molecular complexity index is 1760. The van der Waals surface area contributed by atoms with Crippen molar-refractivity contribution in [3.63, 3.8) is 0 Å². The minimum absolute atomic E-state index is 0.373. The van der Waals surface area contributed by atoms with E-state index < -0.39 is 7.12 Å². The number of benzene rings is 4. The summed E-state index contributed by atoms with van der Waals surface area (Å²) in [6.45, 7) is 12.4. The maximum absolute atomic E-state index is 9.94. The van der Waals surface area contributed by atoms with Gasteiger partial charge in [-0.2, -0.15) is 0 Å². The molecule has 3 nitrogen and oxygen atoms in total. The predicted molar refractivity (Wildman–Crippen MR) is 157 cm³/mol. The van der Waals surface area contributed by atoms with Gasteiger partial charge in [-0.15, -0.1) is 0 Å². The van der Waals surface area contributed by atoms with E-state index in [0.29, 0.717) is 5.46 Å². The van der Waals surface area contributed by atoms with E-state index in [1.54, 1.807) is 12.1 Å². The highest BCUT2D eigenvalue weighted by molar-refractivity contribution is 6.58. The summed E-state index contributed by atoms with van der Waals surface area (Å²) in [5.41, 5.74) is 10.2. The van der Waals surface area contributed by atoms with Gasteiger partial charge in [0.15, 0.2) is 0 Å². The molecule has 5 aromatic rings. The molecule has 0 saturated carbocycles. The van der Waals surface area contributed by atoms with Gasteiger partial charge in [0.1, 0.15) is 0 Å². The van der Waals surface area contributed by atoms with Gasteiger partial charge >= 0.3 is 7.12 Å². The van der Waals surface area contributed by atoms with Crippen LogP contribution in [0.25, 0.3) is 44.2 Å². The third-order valence-corrected chi connectivity index (χ3v) is 7.73. The molecule has 0 saturated heterocycles. The van der Waals surface area contributed by atoms with Crippen LogP contribution in [0.3, 0.4) is 0 Å². The summed E-state index contributed by atoms with van der Waals surface area (Å²) in [5.74, 6) is 0. The highest BCUT2D eigenvalue weighted by atomic mass is 16.4. The molecule has 4 aromatic carbocycles. The third-order valence-electron chi connectivity index (χ3n) is 7.73. The summed E-state index contributed by atoms with van der Waals surface area (Å²) in [5, 5.41) is 22.2. The second kappa shape index (κ2) is 8.48. The number of rotatable bonds is 5. The maximum Gasteiger partial charge on any atom is 0.488 e. The molecule has 180 valence electrons. The van der Waals surface area contributed by atoms with Crippen LogP contribution in [0, 0.1) is 0 Å². The van der Waals surface area contributed by atoms with Crippen LogP contribution in [0.4, 0.5) is 0 Å². The second-order valence-corrected chi connectivity index (χ2v) is 10.2. The van der Waals surface area contributed by atoms with E-state index >= 15 is 0 Å². The Kier molecular flexibility index (Phi) is 5.34. The fourth-order valence-electron chi connectivity index (χ4n) is 5.82. The van der Waals surface area contributed by atoms with Crippen LogP contribution < -0.4 is 5.46 Å². The van der Waals surface area contributed by atoms with E-state index in [2.05, 4.69) is 86.2 Å². The normalized spacial score (nSPS) is 14.0. The highest BCUT2D eigenvalue weighted by Gasteiger charge is 2.36. The molecule has 1 aliphatic heterocycles. The van der Waals surface area contributed by atoms with Crippen molar-refractivity contribution in [1.82, 2.24) is 4.57 Å². The zero-order valence-corrected chi connectivity index (χ0v) is 21.1. The monoisotopic (exact) mass is 481 g/mol. The topological polar surface area (TPSA) is 45.4 Å². The van der Waals surface area contributed by atoms with Crippen LogP contribution in [0.1, 0.15) is 30.5 Å². The Morgan fingerprint density at radius 1 is 0.838 bits per heavy atom. The standard InChI is InChI=1S/C33H28BNO2/c1-5-10-21(6-2)24-18-27-26-17-23(22-11-8-7-9-12-22)13-15-30(26)35-31-16-14-25(34(36)37)20-28(31)33(3,4)29(19-24)32(27)35/h5-20,36-37H,1-2H2,3-4H3/b21-10+. The first-order valence-electron chi connectivity index (χ1n) is 12.5. The van der Waals surface area contributed by atoms with Crippen LogP contribution >= 0.6 is 0 Å². The lowest BCUT2D eigenvalue weighted by Gasteiger charge is -2.35. The molecule has 0 radical (unpaired) electrons.